The first-order valence-corrected chi connectivity index (χ1v) is 7.35. The SMILES string of the molecule is COc1cc(C=CC(=O)OCC(=O)NC(C)C)cc(OC)c1OC. The van der Waals surface area contributed by atoms with Crippen LogP contribution in [0.5, 0.6) is 17.2 Å². The molecule has 1 amide bonds. The number of carbonyl (C=O) groups is 2. The monoisotopic (exact) mass is 337 g/mol. The average Bonchev–Trinajstić information content (AvgIpc) is 2.56. The van der Waals surface area contributed by atoms with Crippen molar-refractivity contribution in [3.63, 3.8) is 0 Å². The van der Waals surface area contributed by atoms with E-state index in [9.17, 15) is 9.59 Å². The van der Waals surface area contributed by atoms with Crippen LogP contribution >= 0.6 is 0 Å². The normalized spacial score (nSPS) is 10.6. The van der Waals surface area contributed by atoms with Crippen molar-refractivity contribution in [1.29, 1.82) is 0 Å². The van der Waals surface area contributed by atoms with Crippen LogP contribution in [0.25, 0.3) is 6.08 Å². The van der Waals surface area contributed by atoms with Crippen molar-refractivity contribution in [3.8, 4) is 17.2 Å². The van der Waals surface area contributed by atoms with Gasteiger partial charge in [-0.3, -0.25) is 4.79 Å². The number of ether oxygens (including phenoxy) is 4. The molecule has 0 fully saturated rings. The molecule has 7 heteroatoms. The van der Waals surface area contributed by atoms with Gasteiger partial charge in [-0.2, -0.15) is 0 Å². The molecule has 132 valence electrons. The first-order chi connectivity index (χ1) is 11.4. The Morgan fingerprint density at radius 2 is 1.67 bits per heavy atom. The van der Waals surface area contributed by atoms with Crippen LogP contribution in [0, 0.1) is 0 Å². The van der Waals surface area contributed by atoms with E-state index in [4.69, 9.17) is 18.9 Å². The zero-order valence-electron chi connectivity index (χ0n) is 14.5. The molecule has 0 atom stereocenters. The number of hydrogen-bond acceptors (Lipinski definition) is 6. The minimum atomic E-state index is -0.623. The molecular formula is C17H23NO6. The molecule has 24 heavy (non-hydrogen) atoms. The molecule has 0 saturated heterocycles. The summed E-state index contributed by atoms with van der Waals surface area (Å²) in [6.45, 7) is 3.32. The van der Waals surface area contributed by atoms with E-state index in [1.807, 2.05) is 13.8 Å². The number of carbonyl (C=O) groups excluding carboxylic acids is 2. The lowest BCUT2D eigenvalue weighted by molar-refractivity contribution is -0.143. The quantitative estimate of drug-likeness (QED) is 0.575. The number of benzene rings is 1. The van der Waals surface area contributed by atoms with E-state index in [-0.39, 0.29) is 18.6 Å². The molecule has 1 rings (SSSR count). The Morgan fingerprint density at radius 1 is 1.08 bits per heavy atom. The van der Waals surface area contributed by atoms with E-state index < -0.39 is 5.97 Å². The maximum Gasteiger partial charge on any atom is 0.331 e. The van der Waals surface area contributed by atoms with Crippen molar-refractivity contribution >= 4 is 18.0 Å². The minimum absolute atomic E-state index is 0.00836. The summed E-state index contributed by atoms with van der Waals surface area (Å²) in [4.78, 5) is 23.1. The Hall–Kier alpha value is -2.70. The molecule has 0 spiro atoms. The lowest BCUT2D eigenvalue weighted by Gasteiger charge is -2.12. The summed E-state index contributed by atoms with van der Waals surface area (Å²) < 4.78 is 20.6. The molecule has 0 aromatic heterocycles. The number of nitrogens with one attached hydrogen (secondary N) is 1. The molecule has 1 aromatic carbocycles. The molecule has 1 N–H and O–H groups in total. The highest BCUT2D eigenvalue weighted by atomic mass is 16.5. The smallest absolute Gasteiger partial charge is 0.331 e. The summed E-state index contributed by atoms with van der Waals surface area (Å²) in [6, 6.07) is 3.37. The van der Waals surface area contributed by atoms with Crippen molar-refractivity contribution in [2.75, 3.05) is 27.9 Å². The fourth-order valence-corrected chi connectivity index (χ4v) is 1.91. The Bertz CT molecular complexity index is 584. The van der Waals surface area contributed by atoms with E-state index in [0.29, 0.717) is 22.8 Å². The Morgan fingerprint density at radius 3 is 2.12 bits per heavy atom. The minimum Gasteiger partial charge on any atom is -0.493 e. The van der Waals surface area contributed by atoms with Gasteiger partial charge in [0.15, 0.2) is 18.1 Å². The first kappa shape index (κ1) is 19.3. The second kappa shape index (κ2) is 9.44. The van der Waals surface area contributed by atoms with Gasteiger partial charge in [0.1, 0.15) is 0 Å². The van der Waals surface area contributed by atoms with Crippen LogP contribution in [0.3, 0.4) is 0 Å². The van der Waals surface area contributed by atoms with E-state index in [1.165, 1.54) is 33.5 Å². The van der Waals surface area contributed by atoms with Crippen molar-refractivity contribution in [1.82, 2.24) is 5.32 Å². The van der Waals surface area contributed by atoms with Crippen molar-refractivity contribution in [2.24, 2.45) is 0 Å². The molecule has 7 nitrogen and oxygen atoms in total. The zero-order chi connectivity index (χ0) is 18.1. The predicted octanol–water partition coefficient (Wildman–Crippen LogP) is 1.79. The van der Waals surface area contributed by atoms with Gasteiger partial charge in [0.25, 0.3) is 5.91 Å². The van der Waals surface area contributed by atoms with Crippen LogP contribution < -0.4 is 19.5 Å². The third-order valence-electron chi connectivity index (χ3n) is 2.89. The van der Waals surface area contributed by atoms with Gasteiger partial charge in [0.2, 0.25) is 5.75 Å². The Labute approximate surface area is 141 Å². The van der Waals surface area contributed by atoms with Crippen LogP contribution in [0.15, 0.2) is 18.2 Å². The molecule has 0 aliphatic rings. The number of amides is 1. The van der Waals surface area contributed by atoms with Gasteiger partial charge < -0.3 is 24.3 Å². The molecule has 0 unspecified atom stereocenters. The largest absolute Gasteiger partial charge is 0.493 e. The molecule has 0 radical (unpaired) electrons. The van der Waals surface area contributed by atoms with Crippen molar-refractivity contribution in [3.05, 3.63) is 23.8 Å². The van der Waals surface area contributed by atoms with E-state index in [0.717, 1.165) is 0 Å². The van der Waals surface area contributed by atoms with Crippen molar-refractivity contribution in [2.45, 2.75) is 19.9 Å². The lowest BCUT2D eigenvalue weighted by atomic mass is 10.1. The van der Waals surface area contributed by atoms with Crippen LogP contribution in [0.1, 0.15) is 19.4 Å². The van der Waals surface area contributed by atoms with Gasteiger partial charge in [-0.1, -0.05) is 0 Å². The van der Waals surface area contributed by atoms with Gasteiger partial charge in [-0.25, -0.2) is 4.79 Å². The number of hydrogen-bond donors (Lipinski definition) is 1. The maximum atomic E-state index is 11.7. The van der Waals surface area contributed by atoms with E-state index in [1.54, 1.807) is 12.1 Å². The van der Waals surface area contributed by atoms with Crippen LogP contribution in [0.2, 0.25) is 0 Å². The van der Waals surface area contributed by atoms with Gasteiger partial charge >= 0.3 is 5.97 Å². The molecule has 0 aliphatic carbocycles. The van der Waals surface area contributed by atoms with Crippen molar-refractivity contribution < 1.29 is 28.5 Å². The summed E-state index contributed by atoms with van der Waals surface area (Å²) in [7, 11) is 4.52. The predicted molar refractivity (Wildman–Crippen MR) is 89.4 cm³/mol. The Balaban J connectivity index is 2.76. The van der Waals surface area contributed by atoms with E-state index >= 15 is 0 Å². The third kappa shape index (κ3) is 5.83. The standard InChI is InChI=1S/C17H23NO6/c1-11(2)18-15(19)10-24-16(20)7-6-12-8-13(21-3)17(23-5)14(9-12)22-4/h6-9,11H,10H2,1-5H3,(H,18,19). The molecular weight excluding hydrogens is 314 g/mol. The average molecular weight is 337 g/mol. The maximum absolute atomic E-state index is 11.7. The fraction of sp³-hybridized carbons (Fsp3) is 0.412. The summed E-state index contributed by atoms with van der Waals surface area (Å²) in [5, 5.41) is 2.63. The molecule has 0 aliphatic heterocycles. The fourth-order valence-electron chi connectivity index (χ4n) is 1.91. The highest BCUT2D eigenvalue weighted by Gasteiger charge is 2.12. The Kier molecular flexibility index (Phi) is 7.61. The van der Waals surface area contributed by atoms with Gasteiger partial charge in [0, 0.05) is 12.1 Å². The lowest BCUT2D eigenvalue weighted by Crippen LogP contribution is -2.33. The van der Waals surface area contributed by atoms with Gasteiger partial charge in [0.05, 0.1) is 21.3 Å². The molecule has 1 aromatic rings. The van der Waals surface area contributed by atoms with Crippen LogP contribution in [-0.2, 0) is 14.3 Å². The van der Waals surface area contributed by atoms with Gasteiger partial charge in [-0.05, 0) is 37.6 Å². The second-order valence-electron chi connectivity index (χ2n) is 5.12. The topological polar surface area (TPSA) is 83.1 Å². The summed E-state index contributed by atoms with van der Waals surface area (Å²) in [5.74, 6) is 0.439. The molecule has 0 heterocycles. The number of esters is 1. The molecule has 0 saturated carbocycles. The van der Waals surface area contributed by atoms with E-state index in [2.05, 4.69) is 5.32 Å². The third-order valence-corrected chi connectivity index (χ3v) is 2.89. The second-order valence-corrected chi connectivity index (χ2v) is 5.12. The highest BCUT2D eigenvalue weighted by Crippen LogP contribution is 2.38. The van der Waals surface area contributed by atoms with Crippen LogP contribution in [0.4, 0.5) is 0 Å². The van der Waals surface area contributed by atoms with Gasteiger partial charge in [-0.15, -0.1) is 0 Å². The summed E-state index contributed by atoms with van der Waals surface area (Å²) in [6.07, 6.45) is 2.76. The number of methoxy groups -OCH3 is 3. The first-order valence-electron chi connectivity index (χ1n) is 7.35. The zero-order valence-corrected chi connectivity index (χ0v) is 14.5. The number of rotatable bonds is 8. The summed E-state index contributed by atoms with van der Waals surface area (Å²) in [5.41, 5.74) is 0.660. The van der Waals surface area contributed by atoms with Crippen LogP contribution in [-0.4, -0.2) is 45.9 Å². The summed E-state index contributed by atoms with van der Waals surface area (Å²) >= 11 is 0. The molecule has 0 bridgehead atoms. The highest BCUT2D eigenvalue weighted by molar-refractivity contribution is 5.89.